The molecule has 53 heavy (non-hydrogen) atoms. The number of thiophene rings is 1. The van der Waals surface area contributed by atoms with E-state index in [1.165, 1.54) is 47.6 Å². The van der Waals surface area contributed by atoms with Crippen LogP contribution in [0.3, 0.4) is 0 Å². The van der Waals surface area contributed by atoms with E-state index in [1.54, 1.807) is 11.3 Å². The highest BCUT2D eigenvalue weighted by Crippen LogP contribution is 2.40. The van der Waals surface area contributed by atoms with Crippen LogP contribution in [0.25, 0.3) is 98.5 Å². The van der Waals surface area contributed by atoms with Crippen molar-refractivity contribution in [2.45, 2.75) is 0 Å². The maximum absolute atomic E-state index is 5.25. The smallest absolute Gasteiger partial charge is 0.165 e. The van der Waals surface area contributed by atoms with Crippen LogP contribution in [-0.2, 0) is 0 Å². The lowest BCUT2D eigenvalue weighted by Gasteiger charge is -2.13. The van der Waals surface area contributed by atoms with E-state index in [2.05, 4.69) is 182 Å². The lowest BCUT2D eigenvalue weighted by molar-refractivity contribution is 1.08. The standard InChI is InChI=1S/C49H31N3S/c1-3-14-32(15-4-1)34-19-11-21-37(28-34)47-50-48(52-49(51-47)43-26-13-25-42-41-24-9-10-27-45(41)53-46(42)43)38-22-12-20-36(29-38)44-31-39(33-16-5-2-6-17-33)30-35-18-7-8-23-40(35)44/h1-31H. The van der Waals surface area contributed by atoms with Crippen LogP contribution in [0.4, 0.5) is 0 Å². The molecule has 2 aromatic heterocycles. The lowest BCUT2D eigenvalue weighted by atomic mass is 9.92. The third-order valence-corrected chi connectivity index (χ3v) is 11.1. The fraction of sp³-hybridized carbons (Fsp3) is 0. The Morgan fingerprint density at radius 2 is 0.830 bits per heavy atom. The van der Waals surface area contributed by atoms with Crippen molar-refractivity contribution in [2.24, 2.45) is 0 Å². The van der Waals surface area contributed by atoms with E-state index in [9.17, 15) is 0 Å². The monoisotopic (exact) mass is 693 g/mol. The molecule has 0 N–H and O–H groups in total. The third kappa shape index (κ3) is 5.76. The second-order valence-electron chi connectivity index (χ2n) is 13.2. The maximum atomic E-state index is 5.25. The molecule has 0 unspecified atom stereocenters. The van der Waals surface area contributed by atoms with Crippen LogP contribution in [-0.4, -0.2) is 15.0 Å². The van der Waals surface area contributed by atoms with Crippen LogP contribution in [0.15, 0.2) is 188 Å². The molecule has 0 radical (unpaired) electrons. The minimum absolute atomic E-state index is 0.638. The summed E-state index contributed by atoms with van der Waals surface area (Å²) in [6.07, 6.45) is 0. The molecule has 0 amide bonds. The van der Waals surface area contributed by atoms with Crippen molar-refractivity contribution in [1.82, 2.24) is 15.0 Å². The van der Waals surface area contributed by atoms with Crippen molar-refractivity contribution in [3.8, 4) is 67.5 Å². The van der Waals surface area contributed by atoms with E-state index in [4.69, 9.17) is 15.0 Å². The molecular weight excluding hydrogens is 663 g/mol. The Labute approximate surface area is 311 Å². The molecule has 0 bridgehead atoms. The van der Waals surface area contributed by atoms with E-state index in [0.717, 1.165) is 33.4 Å². The molecule has 0 atom stereocenters. The topological polar surface area (TPSA) is 38.7 Å². The van der Waals surface area contributed by atoms with Gasteiger partial charge in [-0.3, -0.25) is 0 Å². The number of aromatic nitrogens is 3. The average Bonchev–Trinajstić information content (AvgIpc) is 3.63. The summed E-state index contributed by atoms with van der Waals surface area (Å²) in [5.74, 6) is 1.94. The summed E-state index contributed by atoms with van der Waals surface area (Å²) in [4.78, 5) is 15.7. The molecule has 10 aromatic rings. The van der Waals surface area contributed by atoms with E-state index in [-0.39, 0.29) is 0 Å². The molecule has 0 spiro atoms. The number of nitrogens with zero attached hydrogens (tertiary/aromatic N) is 3. The first-order chi connectivity index (χ1) is 26.2. The Morgan fingerprint density at radius 1 is 0.302 bits per heavy atom. The van der Waals surface area contributed by atoms with E-state index in [0.29, 0.717) is 17.5 Å². The van der Waals surface area contributed by atoms with Gasteiger partial charge in [0.1, 0.15) is 0 Å². The zero-order valence-electron chi connectivity index (χ0n) is 28.6. The van der Waals surface area contributed by atoms with Crippen molar-refractivity contribution in [2.75, 3.05) is 0 Å². The number of rotatable bonds is 6. The highest BCUT2D eigenvalue weighted by atomic mass is 32.1. The molecule has 0 fully saturated rings. The summed E-state index contributed by atoms with van der Waals surface area (Å²) in [5.41, 5.74) is 9.80. The van der Waals surface area contributed by atoms with Gasteiger partial charge in [0.2, 0.25) is 0 Å². The second-order valence-corrected chi connectivity index (χ2v) is 14.3. The van der Waals surface area contributed by atoms with E-state index < -0.39 is 0 Å². The Balaban J connectivity index is 1.17. The number of fused-ring (bicyclic) bond motifs is 4. The predicted octanol–water partition coefficient (Wildman–Crippen LogP) is 13.4. The van der Waals surface area contributed by atoms with Gasteiger partial charge in [-0.25, -0.2) is 15.0 Å². The molecular formula is C49H31N3S. The minimum Gasteiger partial charge on any atom is -0.208 e. The zero-order chi connectivity index (χ0) is 35.1. The van der Waals surface area contributed by atoms with Gasteiger partial charge in [0.05, 0.1) is 0 Å². The van der Waals surface area contributed by atoms with Crippen molar-refractivity contribution in [1.29, 1.82) is 0 Å². The largest absolute Gasteiger partial charge is 0.208 e. The minimum atomic E-state index is 0.638. The first-order valence-corrected chi connectivity index (χ1v) is 18.6. The quantitative estimate of drug-likeness (QED) is 0.174. The first kappa shape index (κ1) is 31.0. The van der Waals surface area contributed by atoms with Gasteiger partial charge < -0.3 is 0 Å². The van der Waals surface area contributed by atoms with Crippen LogP contribution < -0.4 is 0 Å². The molecule has 248 valence electrons. The highest BCUT2D eigenvalue weighted by molar-refractivity contribution is 7.26. The summed E-state index contributed by atoms with van der Waals surface area (Å²) in [6, 6.07) is 66.4. The molecule has 0 aliphatic carbocycles. The van der Waals surface area contributed by atoms with Gasteiger partial charge in [-0.15, -0.1) is 11.3 Å². The molecule has 4 heteroatoms. The zero-order valence-corrected chi connectivity index (χ0v) is 29.5. The molecule has 0 aliphatic heterocycles. The van der Waals surface area contributed by atoms with E-state index in [1.807, 2.05) is 6.07 Å². The Morgan fingerprint density at radius 3 is 1.58 bits per heavy atom. The first-order valence-electron chi connectivity index (χ1n) is 17.8. The number of benzene rings is 8. The average molecular weight is 694 g/mol. The van der Waals surface area contributed by atoms with Gasteiger partial charge >= 0.3 is 0 Å². The van der Waals surface area contributed by atoms with Crippen LogP contribution in [0.1, 0.15) is 0 Å². The maximum Gasteiger partial charge on any atom is 0.165 e. The number of hydrogen-bond acceptors (Lipinski definition) is 4. The van der Waals surface area contributed by atoms with Crippen molar-refractivity contribution in [3.05, 3.63) is 188 Å². The summed E-state index contributed by atoms with van der Waals surface area (Å²) in [6.45, 7) is 0. The Kier molecular flexibility index (Phi) is 7.67. The molecule has 8 aromatic carbocycles. The van der Waals surface area contributed by atoms with Gasteiger partial charge in [-0.2, -0.15) is 0 Å². The second kappa shape index (κ2) is 13.1. The van der Waals surface area contributed by atoms with Gasteiger partial charge in [0.25, 0.3) is 0 Å². The fourth-order valence-corrected chi connectivity index (χ4v) is 8.53. The molecule has 0 saturated carbocycles. The highest BCUT2D eigenvalue weighted by Gasteiger charge is 2.18. The van der Waals surface area contributed by atoms with E-state index >= 15 is 0 Å². The summed E-state index contributed by atoms with van der Waals surface area (Å²) < 4.78 is 2.42. The van der Waals surface area contributed by atoms with Gasteiger partial charge in [0.15, 0.2) is 17.5 Å². The van der Waals surface area contributed by atoms with Crippen molar-refractivity contribution in [3.63, 3.8) is 0 Å². The van der Waals surface area contributed by atoms with Crippen LogP contribution in [0, 0.1) is 0 Å². The van der Waals surface area contributed by atoms with Gasteiger partial charge in [-0.1, -0.05) is 152 Å². The molecule has 2 heterocycles. The van der Waals surface area contributed by atoms with Crippen molar-refractivity contribution < 1.29 is 0 Å². The normalized spacial score (nSPS) is 11.4. The molecule has 0 saturated heterocycles. The Hall–Kier alpha value is -6.75. The van der Waals surface area contributed by atoms with Crippen LogP contribution in [0.5, 0.6) is 0 Å². The van der Waals surface area contributed by atoms with Gasteiger partial charge in [0, 0.05) is 36.9 Å². The van der Waals surface area contributed by atoms with Gasteiger partial charge in [-0.05, 0) is 80.6 Å². The summed E-state index contributed by atoms with van der Waals surface area (Å²) in [7, 11) is 0. The summed E-state index contributed by atoms with van der Waals surface area (Å²) in [5, 5.41) is 4.87. The molecule has 0 aliphatic rings. The van der Waals surface area contributed by atoms with Crippen LogP contribution in [0.2, 0.25) is 0 Å². The number of hydrogen-bond donors (Lipinski definition) is 0. The fourth-order valence-electron chi connectivity index (χ4n) is 7.32. The lowest BCUT2D eigenvalue weighted by Crippen LogP contribution is -2.00. The molecule has 3 nitrogen and oxygen atoms in total. The Bertz CT molecular complexity index is 2950. The molecule has 10 rings (SSSR count). The predicted molar refractivity (Wildman–Crippen MR) is 223 cm³/mol. The van der Waals surface area contributed by atoms with Crippen LogP contribution >= 0.6 is 11.3 Å². The summed E-state index contributed by atoms with van der Waals surface area (Å²) >= 11 is 1.79. The third-order valence-electron chi connectivity index (χ3n) is 9.91. The SMILES string of the molecule is c1ccc(-c2cccc(-c3nc(-c4cccc(-c5cc(-c6ccccc6)cc6ccccc56)c4)nc(-c4cccc5c4sc4ccccc45)n3)c2)cc1. The van der Waals surface area contributed by atoms with Crippen molar-refractivity contribution >= 4 is 42.3 Å².